The van der Waals surface area contributed by atoms with E-state index in [1.807, 2.05) is 31.4 Å². The summed E-state index contributed by atoms with van der Waals surface area (Å²) in [6.07, 6.45) is 13.6. The highest BCUT2D eigenvalue weighted by molar-refractivity contribution is 5.33. The lowest BCUT2D eigenvalue weighted by atomic mass is 9.74. The maximum Gasteiger partial charge on any atom is 0.0991 e. The molecule has 1 aliphatic rings. The molecule has 1 aromatic rings. The molecule has 1 aliphatic carbocycles. The van der Waals surface area contributed by atoms with Crippen LogP contribution in [0.2, 0.25) is 0 Å². The van der Waals surface area contributed by atoms with Crippen LogP contribution in [0.15, 0.2) is 48.6 Å². The van der Waals surface area contributed by atoms with Gasteiger partial charge < -0.3 is 4.74 Å². The molecule has 24 heavy (non-hydrogen) atoms. The lowest BCUT2D eigenvalue weighted by Gasteiger charge is -2.39. The van der Waals surface area contributed by atoms with Gasteiger partial charge in [0.1, 0.15) is 0 Å². The van der Waals surface area contributed by atoms with Gasteiger partial charge in [-0.15, -0.1) is 0 Å². The van der Waals surface area contributed by atoms with Crippen molar-refractivity contribution in [3.05, 3.63) is 59.7 Å². The predicted octanol–water partition coefficient (Wildman–Crippen LogP) is 5.02. The molecule has 0 radical (unpaired) electrons. The highest BCUT2D eigenvalue weighted by Gasteiger charge is 2.34. The SMILES string of the molecule is COC1(CCC=CC=CC#N)CCC(c2ccc(C#N)cc2)CC1. The van der Waals surface area contributed by atoms with Gasteiger partial charge in [0.2, 0.25) is 0 Å². The van der Waals surface area contributed by atoms with Crippen LogP contribution in [0.1, 0.15) is 55.6 Å². The Hall–Kier alpha value is -2.36. The fourth-order valence-corrected chi connectivity index (χ4v) is 3.48. The monoisotopic (exact) mass is 320 g/mol. The van der Waals surface area contributed by atoms with Crippen molar-refractivity contribution in [1.82, 2.24) is 0 Å². The van der Waals surface area contributed by atoms with E-state index in [0.29, 0.717) is 5.92 Å². The Kier molecular flexibility index (Phi) is 6.79. The van der Waals surface area contributed by atoms with E-state index in [0.717, 1.165) is 44.1 Å². The van der Waals surface area contributed by atoms with Gasteiger partial charge in [0.25, 0.3) is 0 Å². The minimum Gasteiger partial charge on any atom is -0.378 e. The number of ether oxygens (including phenoxy) is 1. The number of nitriles is 2. The summed E-state index contributed by atoms with van der Waals surface area (Å²) in [6.45, 7) is 0. The fraction of sp³-hybridized carbons (Fsp3) is 0.429. The topological polar surface area (TPSA) is 56.8 Å². The van der Waals surface area contributed by atoms with Crippen LogP contribution >= 0.6 is 0 Å². The summed E-state index contributed by atoms with van der Waals surface area (Å²) in [7, 11) is 1.82. The molecule has 0 atom stereocenters. The number of hydrogen-bond donors (Lipinski definition) is 0. The van der Waals surface area contributed by atoms with Crippen LogP contribution in [0.25, 0.3) is 0 Å². The van der Waals surface area contributed by atoms with Crippen molar-refractivity contribution in [1.29, 1.82) is 10.5 Å². The molecule has 3 nitrogen and oxygen atoms in total. The van der Waals surface area contributed by atoms with E-state index in [-0.39, 0.29) is 5.60 Å². The van der Waals surface area contributed by atoms with Gasteiger partial charge in [-0.1, -0.05) is 30.4 Å². The van der Waals surface area contributed by atoms with Gasteiger partial charge in [-0.2, -0.15) is 10.5 Å². The third kappa shape index (κ3) is 4.82. The molecule has 0 N–H and O–H groups in total. The Bertz CT molecular complexity index is 651. The summed E-state index contributed by atoms with van der Waals surface area (Å²) in [5.74, 6) is 0.565. The smallest absolute Gasteiger partial charge is 0.0991 e. The summed E-state index contributed by atoms with van der Waals surface area (Å²) in [5.41, 5.74) is 2.03. The molecule has 2 rings (SSSR count). The van der Waals surface area contributed by atoms with Crippen molar-refractivity contribution in [2.75, 3.05) is 7.11 Å². The minimum absolute atomic E-state index is 0.0215. The van der Waals surface area contributed by atoms with Crippen LogP contribution in [0.4, 0.5) is 0 Å². The number of methoxy groups -OCH3 is 1. The van der Waals surface area contributed by atoms with Crippen molar-refractivity contribution in [2.45, 2.75) is 50.0 Å². The second-order valence-electron chi connectivity index (χ2n) is 6.35. The molecule has 124 valence electrons. The first kappa shape index (κ1) is 18.0. The molecule has 0 aromatic heterocycles. The molecule has 0 amide bonds. The average molecular weight is 320 g/mol. The van der Waals surface area contributed by atoms with E-state index in [9.17, 15) is 0 Å². The lowest BCUT2D eigenvalue weighted by molar-refractivity contribution is -0.0483. The molecule has 0 heterocycles. The van der Waals surface area contributed by atoms with Crippen LogP contribution in [0, 0.1) is 22.7 Å². The summed E-state index contributed by atoms with van der Waals surface area (Å²) in [4.78, 5) is 0. The fourth-order valence-electron chi connectivity index (χ4n) is 3.48. The minimum atomic E-state index is -0.0215. The molecule has 0 saturated heterocycles. The van der Waals surface area contributed by atoms with Gasteiger partial charge in [-0.25, -0.2) is 0 Å². The van der Waals surface area contributed by atoms with Crippen molar-refractivity contribution in [2.24, 2.45) is 0 Å². The van der Waals surface area contributed by atoms with Gasteiger partial charge in [-0.05, 0) is 62.1 Å². The van der Waals surface area contributed by atoms with E-state index in [4.69, 9.17) is 15.3 Å². The van der Waals surface area contributed by atoms with E-state index < -0.39 is 0 Å². The average Bonchev–Trinajstić information content (AvgIpc) is 2.65. The zero-order chi connectivity index (χ0) is 17.3. The molecule has 1 aromatic carbocycles. The van der Waals surface area contributed by atoms with Gasteiger partial charge in [0.15, 0.2) is 0 Å². The van der Waals surface area contributed by atoms with Crippen LogP contribution in [-0.2, 0) is 4.74 Å². The Morgan fingerprint density at radius 1 is 1.17 bits per heavy atom. The molecule has 0 unspecified atom stereocenters. The molecule has 3 heteroatoms. The zero-order valence-corrected chi connectivity index (χ0v) is 14.2. The van der Waals surface area contributed by atoms with Crippen LogP contribution < -0.4 is 0 Å². The number of benzene rings is 1. The summed E-state index contributed by atoms with van der Waals surface area (Å²) >= 11 is 0. The van der Waals surface area contributed by atoms with Gasteiger partial charge in [0, 0.05) is 13.2 Å². The number of rotatable bonds is 6. The Labute approximate surface area is 144 Å². The second kappa shape index (κ2) is 9.06. The van der Waals surface area contributed by atoms with Crippen molar-refractivity contribution >= 4 is 0 Å². The number of hydrogen-bond acceptors (Lipinski definition) is 3. The Morgan fingerprint density at radius 3 is 2.46 bits per heavy atom. The highest BCUT2D eigenvalue weighted by Crippen LogP contribution is 2.42. The van der Waals surface area contributed by atoms with Gasteiger partial charge >= 0.3 is 0 Å². The van der Waals surface area contributed by atoms with Gasteiger partial charge in [0.05, 0.1) is 23.3 Å². The first-order valence-corrected chi connectivity index (χ1v) is 8.49. The number of allylic oxidation sites excluding steroid dienone is 4. The molecule has 0 spiro atoms. The second-order valence-corrected chi connectivity index (χ2v) is 6.35. The molecular formula is C21H24N2O. The molecule has 0 aliphatic heterocycles. The predicted molar refractivity (Wildman–Crippen MR) is 95.2 cm³/mol. The van der Waals surface area contributed by atoms with Crippen molar-refractivity contribution in [3.63, 3.8) is 0 Å². The van der Waals surface area contributed by atoms with E-state index in [2.05, 4.69) is 24.3 Å². The maximum absolute atomic E-state index is 8.90. The first-order chi connectivity index (χ1) is 11.7. The van der Waals surface area contributed by atoms with E-state index in [1.165, 1.54) is 11.6 Å². The summed E-state index contributed by atoms with van der Waals surface area (Å²) in [6, 6.07) is 12.2. The molecule has 0 bridgehead atoms. The Morgan fingerprint density at radius 2 is 1.88 bits per heavy atom. The van der Waals surface area contributed by atoms with Gasteiger partial charge in [-0.3, -0.25) is 0 Å². The van der Waals surface area contributed by atoms with E-state index in [1.54, 1.807) is 6.08 Å². The first-order valence-electron chi connectivity index (χ1n) is 8.49. The zero-order valence-electron chi connectivity index (χ0n) is 14.2. The number of nitrogens with zero attached hydrogens (tertiary/aromatic N) is 2. The normalized spacial score (nSPS) is 24.0. The van der Waals surface area contributed by atoms with Crippen LogP contribution in [-0.4, -0.2) is 12.7 Å². The van der Waals surface area contributed by atoms with Crippen LogP contribution in [0.3, 0.4) is 0 Å². The highest BCUT2D eigenvalue weighted by atomic mass is 16.5. The standard InChI is InChI=1S/C21H24N2O/c1-24-21(13-5-3-2-4-6-16-22)14-11-20(12-15-21)19-9-7-18(17-23)8-10-19/h2-4,6-10,20H,5,11-15H2,1H3. The van der Waals surface area contributed by atoms with E-state index >= 15 is 0 Å². The van der Waals surface area contributed by atoms with Crippen molar-refractivity contribution < 1.29 is 4.74 Å². The maximum atomic E-state index is 8.90. The summed E-state index contributed by atoms with van der Waals surface area (Å²) < 4.78 is 5.88. The third-order valence-electron chi connectivity index (χ3n) is 5.03. The molecular weight excluding hydrogens is 296 g/mol. The molecule has 1 fully saturated rings. The largest absolute Gasteiger partial charge is 0.378 e. The summed E-state index contributed by atoms with van der Waals surface area (Å²) in [5, 5.41) is 17.3. The third-order valence-corrected chi connectivity index (χ3v) is 5.03. The molecule has 1 saturated carbocycles. The van der Waals surface area contributed by atoms with Crippen molar-refractivity contribution in [3.8, 4) is 12.1 Å². The quantitative estimate of drug-likeness (QED) is 0.546. The Balaban J connectivity index is 1.88. The van der Waals surface area contributed by atoms with Crippen LogP contribution in [0.5, 0.6) is 0 Å². The lowest BCUT2D eigenvalue weighted by Crippen LogP contribution is -2.35.